The molecule has 5 rings (SSSR count). The minimum absolute atomic E-state index is 0.00226. The lowest BCUT2D eigenvalue weighted by Gasteiger charge is -2.17. The molecule has 170 valence electrons. The van der Waals surface area contributed by atoms with Crippen molar-refractivity contribution in [3.05, 3.63) is 71.2 Å². The van der Waals surface area contributed by atoms with Gasteiger partial charge in [0.25, 0.3) is 0 Å². The fraction of sp³-hybridized carbons (Fsp3) is 0.261. The average Bonchev–Trinajstić information content (AvgIpc) is 3.39. The van der Waals surface area contributed by atoms with Gasteiger partial charge in [0.15, 0.2) is 9.84 Å². The number of hydrogen-bond donors (Lipinski definition) is 1. The van der Waals surface area contributed by atoms with Crippen molar-refractivity contribution in [1.29, 1.82) is 0 Å². The van der Waals surface area contributed by atoms with Crippen LogP contribution in [-0.4, -0.2) is 36.6 Å². The number of anilines is 2. The van der Waals surface area contributed by atoms with E-state index >= 15 is 0 Å². The zero-order valence-corrected chi connectivity index (χ0v) is 18.6. The van der Waals surface area contributed by atoms with Crippen LogP contribution in [-0.2, 0) is 30.9 Å². The summed E-state index contributed by atoms with van der Waals surface area (Å²) in [6, 6.07) is 13.0. The number of carbonyl (C=O) groups is 2. The van der Waals surface area contributed by atoms with Crippen molar-refractivity contribution < 1.29 is 22.4 Å². The van der Waals surface area contributed by atoms with Gasteiger partial charge in [-0.3, -0.25) is 9.59 Å². The molecular formula is C23H21FN4O4S. The average molecular weight is 469 g/mol. The molecule has 10 heteroatoms. The molecular weight excluding hydrogens is 447 g/mol. The molecule has 3 aromatic rings. The van der Waals surface area contributed by atoms with Crippen LogP contribution in [0, 0.1) is 18.7 Å². The maximum Gasteiger partial charge on any atom is 0.230 e. The molecule has 8 nitrogen and oxygen atoms in total. The first kappa shape index (κ1) is 21.3. The number of nitrogens with zero attached hydrogens (tertiary/aromatic N) is 3. The number of rotatable bonds is 4. The van der Waals surface area contributed by atoms with Gasteiger partial charge in [0.05, 0.1) is 28.8 Å². The molecule has 33 heavy (non-hydrogen) atoms. The SMILES string of the molecule is Cc1cccc(-n2nc3c(c2NC(=O)C2CC(=O)N(c4ccc(F)cc4)C2)CS(=O)(=O)C3)c1. The second-order valence-electron chi connectivity index (χ2n) is 8.43. The van der Waals surface area contributed by atoms with Crippen LogP contribution in [0.1, 0.15) is 23.2 Å². The highest BCUT2D eigenvalue weighted by Crippen LogP contribution is 2.34. The predicted octanol–water partition coefficient (Wildman–Crippen LogP) is 2.74. The minimum Gasteiger partial charge on any atom is -0.312 e. The van der Waals surface area contributed by atoms with Gasteiger partial charge in [0.1, 0.15) is 11.6 Å². The maximum absolute atomic E-state index is 13.2. The second-order valence-corrected chi connectivity index (χ2v) is 10.5. The van der Waals surface area contributed by atoms with Crippen LogP contribution in [0.15, 0.2) is 48.5 Å². The number of sulfone groups is 1. The molecule has 0 bridgehead atoms. The van der Waals surface area contributed by atoms with Crippen LogP contribution < -0.4 is 10.2 Å². The Morgan fingerprint density at radius 1 is 1.12 bits per heavy atom. The van der Waals surface area contributed by atoms with E-state index in [0.717, 1.165) is 5.56 Å². The zero-order chi connectivity index (χ0) is 23.3. The molecule has 1 unspecified atom stereocenters. The molecule has 1 aromatic heterocycles. The molecule has 1 N–H and O–H groups in total. The number of benzene rings is 2. The number of aryl methyl sites for hydroxylation is 1. The normalized spacial score (nSPS) is 19.0. The summed E-state index contributed by atoms with van der Waals surface area (Å²) in [4.78, 5) is 27.1. The van der Waals surface area contributed by atoms with Crippen molar-refractivity contribution in [1.82, 2.24) is 9.78 Å². The third-order valence-electron chi connectivity index (χ3n) is 5.91. The molecule has 2 aliphatic heterocycles. The van der Waals surface area contributed by atoms with Crippen LogP contribution in [0.3, 0.4) is 0 Å². The maximum atomic E-state index is 13.2. The Morgan fingerprint density at radius 3 is 2.61 bits per heavy atom. The summed E-state index contributed by atoms with van der Waals surface area (Å²) in [7, 11) is -3.32. The molecule has 2 aliphatic rings. The lowest BCUT2D eigenvalue weighted by atomic mass is 10.1. The summed E-state index contributed by atoms with van der Waals surface area (Å²) in [5, 5.41) is 7.32. The van der Waals surface area contributed by atoms with Crippen molar-refractivity contribution in [2.24, 2.45) is 5.92 Å². The fourth-order valence-electron chi connectivity index (χ4n) is 4.29. The van der Waals surface area contributed by atoms with E-state index in [0.29, 0.717) is 28.5 Å². The van der Waals surface area contributed by atoms with E-state index in [1.165, 1.54) is 29.2 Å². The highest BCUT2D eigenvalue weighted by Gasteiger charge is 2.38. The molecule has 1 saturated heterocycles. The van der Waals surface area contributed by atoms with Gasteiger partial charge >= 0.3 is 0 Å². The van der Waals surface area contributed by atoms with Crippen molar-refractivity contribution >= 4 is 33.2 Å². The smallest absolute Gasteiger partial charge is 0.230 e. The molecule has 1 fully saturated rings. The standard InChI is InChI=1S/C23H21FN4O4S/c1-14-3-2-4-18(9-14)28-22(19-12-33(31,32)13-20(19)26-28)25-23(30)15-10-21(29)27(11-15)17-7-5-16(24)6-8-17/h2-9,15H,10-13H2,1H3,(H,25,30). The number of halogens is 1. The first-order valence-corrected chi connectivity index (χ1v) is 12.3. The highest BCUT2D eigenvalue weighted by molar-refractivity contribution is 7.90. The number of amides is 2. The van der Waals surface area contributed by atoms with Gasteiger partial charge < -0.3 is 10.2 Å². The monoisotopic (exact) mass is 468 g/mol. The van der Waals surface area contributed by atoms with Crippen LogP contribution in [0.2, 0.25) is 0 Å². The Labute approximate surface area is 189 Å². The molecule has 1 atom stereocenters. The van der Waals surface area contributed by atoms with Gasteiger partial charge in [0.2, 0.25) is 11.8 Å². The lowest BCUT2D eigenvalue weighted by molar-refractivity contribution is -0.122. The Kier molecular flexibility index (Phi) is 5.04. The second kappa shape index (κ2) is 7.80. The van der Waals surface area contributed by atoms with Crippen LogP contribution in [0.25, 0.3) is 5.69 Å². The van der Waals surface area contributed by atoms with Crippen molar-refractivity contribution in [2.75, 3.05) is 16.8 Å². The number of aromatic nitrogens is 2. The fourth-order valence-corrected chi connectivity index (χ4v) is 5.78. The van der Waals surface area contributed by atoms with E-state index < -0.39 is 27.5 Å². The first-order valence-electron chi connectivity index (χ1n) is 10.5. The summed E-state index contributed by atoms with van der Waals surface area (Å²) in [5.41, 5.74) is 3.11. The van der Waals surface area contributed by atoms with E-state index in [1.54, 1.807) is 4.68 Å². The lowest BCUT2D eigenvalue weighted by Crippen LogP contribution is -2.29. The van der Waals surface area contributed by atoms with E-state index in [2.05, 4.69) is 10.4 Å². The van der Waals surface area contributed by atoms with Gasteiger partial charge in [-0.15, -0.1) is 0 Å². The van der Waals surface area contributed by atoms with Gasteiger partial charge in [0, 0.05) is 24.2 Å². The third kappa shape index (κ3) is 4.02. The topological polar surface area (TPSA) is 101 Å². The number of hydrogen-bond acceptors (Lipinski definition) is 5. The number of carbonyl (C=O) groups excluding carboxylic acids is 2. The van der Waals surface area contributed by atoms with Crippen molar-refractivity contribution in [3.8, 4) is 5.69 Å². The van der Waals surface area contributed by atoms with Crippen LogP contribution >= 0.6 is 0 Å². The zero-order valence-electron chi connectivity index (χ0n) is 17.8. The summed E-state index contributed by atoms with van der Waals surface area (Å²) in [6.45, 7) is 2.08. The van der Waals surface area contributed by atoms with Crippen molar-refractivity contribution in [3.63, 3.8) is 0 Å². The van der Waals surface area contributed by atoms with Gasteiger partial charge in [-0.25, -0.2) is 17.5 Å². The largest absolute Gasteiger partial charge is 0.312 e. The summed E-state index contributed by atoms with van der Waals surface area (Å²) >= 11 is 0. The molecule has 2 aromatic carbocycles. The van der Waals surface area contributed by atoms with Crippen LogP contribution in [0.4, 0.5) is 15.9 Å². The van der Waals surface area contributed by atoms with Gasteiger partial charge in [-0.1, -0.05) is 12.1 Å². The minimum atomic E-state index is -3.32. The van der Waals surface area contributed by atoms with E-state index in [4.69, 9.17) is 0 Å². The molecule has 0 aliphatic carbocycles. The number of fused-ring (bicyclic) bond motifs is 1. The van der Waals surface area contributed by atoms with Gasteiger partial charge in [-0.05, 0) is 48.9 Å². The highest BCUT2D eigenvalue weighted by atomic mass is 32.2. The molecule has 0 saturated carbocycles. The Bertz CT molecular complexity index is 1380. The van der Waals surface area contributed by atoms with E-state index in [9.17, 15) is 22.4 Å². The van der Waals surface area contributed by atoms with Crippen LogP contribution in [0.5, 0.6) is 0 Å². The Hall–Kier alpha value is -3.53. The van der Waals surface area contributed by atoms with E-state index in [-0.39, 0.29) is 30.4 Å². The Morgan fingerprint density at radius 2 is 1.88 bits per heavy atom. The summed E-state index contributed by atoms with van der Waals surface area (Å²) in [5.74, 6) is -1.74. The summed E-state index contributed by atoms with van der Waals surface area (Å²) < 4.78 is 39.1. The first-order chi connectivity index (χ1) is 15.7. The molecule has 0 radical (unpaired) electrons. The molecule has 2 amide bonds. The third-order valence-corrected chi connectivity index (χ3v) is 7.35. The van der Waals surface area contributed by atoms with E-state index in [1.807, 2.05) is 31.2 Å². The summed E-state index contributed by atoms with van der Waals surface area (Å²) in [6.07, 6.45) is 0.00226. The molecule has 3 heterocycles. The number of nitrogens with one attached hydrogen (secondary N) is 1. The molecule has 0 spiro atoms. The predicted molar refractivity (Wildman–Crippen MR) is 120 cm³/mol. The van der Waals surface area contributed by atoms with Crippen molar-refractivity contribution in [2.45, 2.75) is 24.9 Å². The van der Waals surface area contributed by atoms with Gasteiger partial charge in [-0.2, -0.15) is 5.10 Å². The Balaban J connectivity index is 1.44. The quantitative estimate of drug-likeness (QED) is 0.635.